The molecule has 144 valence electrons. The third-order valence-electron chi connectivity index (χ3n) is 4.59. The Labute approximate surface area is 165 Å². The van der Waals surface area contributed by atoms with Crippen molar-refractivity contribution in [3.8, 4) is 16.9 Å². The average Bonchev–Trinajstić information content (AvgIpc) is 2.72. The number of hydrogen-bond donors (Lipinski definition) is 3. The van der Waals surface area contributed by atoms with Gasteiger partial charge in [-0.15, -0.1) is 0 Å². The Morgan fingerprint density at radius 1 is 0.964 bits per heavy atom. The average molecular weight is 376 g/mol. The van der Waals surface area contributed by atoms with Crippen LogP contribution in [-0.4, -0.2) is 18.3 Å². The van der Waals surface area contributed by atoms with Gasteiger partial charge in [0.05, 0.1) is 12.8 Å². The van der Waals surface area contributed by atoms with Crippen LogP contribution in [0.4, 0.5) is 16.2 Å². The van der Waals surface area contributed by atoms with Gasteiger partial charge in [0.2, 0.25) is 0 Å². The van der Waals surface area contributed by atoms with Crippen LogP contribution in [0.25, 0.3) is 11.1 Å². The number of carbonyl (C=O) groups is 1. The minimum Gasteiger partial charge on any atom is -0.495 e. The van der Waals surface area contributed by atoms with Crippen molar-refractivity contribution in [1.29, 1.82) is 0 Å². The Balaban J connectivity index is 1.86. The number of benzene rings is 3. The van der Waals surface area contributed by atoms with Crippen molar-refractivity contribution in [2.75, 3.05) is 17.7 Å². The van der Waals surface area contributed by atoms with Crippen molar-refractivity contribution in [2.45, 2.75) is 19.9 Å². The fourth-order valence-electron chi connectivity index (χ4n) is 3.06. The number of ether oxygens (including phenoxy) is 1. The molecule has 1 amide bonds. The first-order valence-electron chi connectivity index (χ1n) is 9.19. The molecule has 3 aromatic carbocycles. The van der Waals surface area contributed by atoms with E-state index in [1.54, 1.807) is 19.2 Å². The first-order chi connectivity index (χ1) is 13.6. The van der Waals surface area contributed by atoms with Crippen LogP contribution in [0.3, 0.4) is 0 Å². The monoisotopic (exact) mass is 376 g/mol. The fraction of sp³-hybridized carbons (Fsp3) is 0.174. The number of carboxylic acid groups (broad SMARTS) is 1. The summed E-state index contributed by atoms with van der Waals surface area (Å²) in [4.78, 5) is 10.8. The van der Waals surface area contributed by atoms with Crippen LogP contribution in [0.15, 0.2) is 66.7 Å². The van der Waals surface area contributed by atoms with Crippen molar-refractivity contribution in [2.24, 2.45) is 0 Å². The highest BCUT2D eigenvalue weighted by Gasteiger charge is 2.11. The second-order valence-corrected chi connectivity index (χ2v) is 6.41. The molecule has 3 aromatic rings. The van der Waals surface area contributed by atoms with Gasteiger partial charge in [0.25, 0.3) is 0 Å². The van der Waals surface area contributed by atoms with E-state index in [2.05, 4.69) is 41.8 Å². The highest BCUT2D eigenvalue weighted by atomic mass is 16.5. The van der Waals surface area contributed by atoms with E-state index in [0.29, 0.717) is 12.2 Å². The lowest BCUT2D eigenvalue weighted by Gasteiger charge is -2.16. The van der Waals surface area contributed by atoms with Crippen molar-refractivity contribution >= 4 is 17.5 Å². The largest absolute Gasteiger partial charge is 0.495 e. The molecule has 0 unspecified atom stereocenters. The molecular formula is C23H24N2O3. The summed E-state index contributed by atoms with van der Waals surface area (Å²) in [6, 6.07) is 21.7. The summed E-state index contributed by atoms with van der Waals surface area (Å²) in [6.45, 7) is 2.82. The van der Waals surface area contributed by atoms with E-state index in [9.17, 15) is 4.79 Å². The molecule has 0 fully saturated rings. The molecule has 5 nitrogen and oxygen atoms in total. The van der Waals surface area contributed by atoms with E-state index in [-0.39, 0.29) is 0 Å². The predicted molar refractivity (Wildman–Crippen MR) is 113 cm³/mol. The first kappa shape index (κ1) is 19.3. The van der Waals surface area contributed by atoms with Crippen LogP contribution in [0.2, 0.25) is 0 Å². The molecule has 0 bridgehead atoms. The maximum absolute atomic E-state index is 10.8. The van der Waals surface area contributed by atoms with Crippen LogP contribution in [-0.2, 0) is 13.0 Å². The van der Waals surface area contributed by atoms with Gasteiger partial charge in [-0.2, -0.15) is 0 Å². The molecule has 5 heteroatoms. The van der Waals surface area contributed by atoms with Crippen molar-refractivity contribution in [1.82, 2.24) is 0 Å². The summed E-state index contributed by atoms with van der Waals surface area (Å²) in [5, 5.41) is 14.7. The predicted octanol–water partition coefficient (Wildman–Crippen LogP) is 5.63. The molecule has 0 atom stereocenters. The summed E-state index contributed by atoms with van der Waals surface area (Å²) in [7, 11) is 1.65. The molecule has 0 saturated carbocycles. The topological polar surface area (TPSA) is 70.6 Å². The maximum Gasteiger partial charge on any atom is 0.409 e. The van der Waals surface area contributed by atoms with Gasteiger partial charge in [0.15, 0.2) is 0 Å². The zero-order chi connectivity index (χ0) is 19.9. The molecular weight excluding hydrogens is 352 g/mol. The quantitative estimate of drug-likeness (QED) is 0.500. The Bertz CT molecular complexity index is 935. The lowest BCUT2D eigenvalue weighted by atomic mass is 10.0. The maximum atomic E-state index is 10.8. The number of nitrogens with one attached hydrogen (secondary N) is 2. The van der Waals surface area contributed by atoms with Crippen LogP contribution in [0, 0.1) is 0 Å². The first-order valence-corrected chi connectivity index (χ1v) is 9.19. The van der Waals surface area contributed by atoms with E-state index < -0.39 is 6.09 Å². The van der Waals surface area contributed by atoms with E-state index in [4.69, 9.17) is 9.84 Å². The van der Waals surface area contributed by atoms with E-state index in [0.717, 1.165) is 29.0 Å². The van der Waals surface area contributed by atoms with Gasteiger partial charge in [-0.05, 0) is 41.3 Å². The number of anilines is 2. The van der Waals surface area contributed by atoms with Crippen LogP contribution in [0.1, 0.15) is 18.1 Å². The van der Waals surface area contributed by atoms with Crippen LogP contribution in [0.5, 0.6) is 5.75 Å². The zero-order valence-corrected chi connectivity index (χ0v) is 16.0. The van der Waals surface area contributed by atoms with E-state index >= 15 is 0 Å². The SMILES string of the molecule is CCc1ccc(CNc2c(OC)cccc2-c2ccc(NC(=O)O)cc2)cc1. The van der Waals surface area contributed by atoms with E-state index in [1.165, 1.54) is 11.1 Å². The van der Waals surface area contributed by atoms with Crippen molar-refractivity contribution in [3.05, 3.63) is 77.9 Å². The highest BCUT2D eigenvalue weighted by Crippen LogP contribution is 2.36. The summed E-state index contributed by atoms with van der Waals surface area (Å²) >= 11 is 0. The zero-order valence-electron chi connectivity index (χ0n) is 16.0. The van der Waals surface area contributed by atoms with Crippen molar-refractivity contribution in [3.63, 3.8) is 0 Å². The number of aryl methyl sites for hydroxylation is 1. The van der Waals surface area contributed by atoms with Crippen LogP contribution < -0.4 is 15.4 Å². The molecule has 0 spiro atoms. The summed E-state index contributed by atoms with van der Waals surface area (Å²) < 4.78 is 5.56. The Kier molecular flexibility index (Phi) is 6.17. The molecule has 28 heavy (non-hydrogen) atoms. The standard InChI is InChI=1S/C23H24N2O3/c1-3-16-7-9-17(10-8-16)15-24-22-20(5-4-6-21(22)28-2)18-11-13-19(14-12-18)25-23(26)27/h4-14,24-25H,3,15H2,1-2H3,(H,26,27). The molecule has 0 heterocycles. The lowest BCUT2D eigenvalue weighted by molar-refractivity contribution is 0.210. The second-order valence-electron chi connectivity index (χ2n) is 6.41. The van der Waals surface area contributed by atoms with Gasteiger partial charge in [0, 0.05) is 17.8 Å². The van der Waals surface area contributed by atoms with Gasteiger partial charge in [-0.1, -0.05) is 55.5 Å². The normalized spacial score (nSPS) is 10.4. The molecule has 3 rings (SSSR count). The van der Waals surface area contributed by atoms with Crippen molar-refractivity contribution < 1.29 is 14.6 Å². The third kappa shape index (κ3) is 4.62. The minimum absolute atomic E-state index is 0.532. The Hall–Kier alpha value is -3.47. The summed E-state index contributed by atoms with van der Waals surface area (Å²) in [5.41, 5.74) is 5.91. The molecule has 0 aliphatic heterocycles. The molecule has 0 radical (unpaired) electrons. The number of hydrogen-bond acceptors (Lipinski definition) is 3. The molecule has 0 saturated heterocycles. The van der Waals surface area contributed by atoms with E-state index in [1.807, 2.05) is 30.3 Å². The number of amides is 1. The van der Waals surface area contributed by atoms with Gasteiger partial charge in [-0.25, -0.2) is 4.79 Å². The molecule has 0 aromatic heterocycles. The lowest BCUT2D eigenvalue weighted by Crippen LogP contribution is -2.06. The molecule has 0 aliphatic carbocycles. The van der Waals surface area contributed by atoms with Gasteiger partial charge < -0.3 is 15.2 Å². The van der Waals surface area contributed by atoms with Gasteiger partial charge >= 0.3 is 6.09 Å². The molecule has 0 aliphatic rings. The van der Waals surface area contributed by atoms with Gasteiger partial charge in [0.1, 0.15) is 5.75 Å². The van der Waals surface area contributed by atoms with Crippen LogP contribution >= 0.6 is 0 Å². The van der Waals surface area contributed by atoms with Gasteiger partial charge in [-0.3, -0.25) is 5.32 Å². The number of methoxy groups -OCH3 is 1. The fourth-order valence-corrected chi connectivity index (χ4v) is 3.06. The summed E-state index contributed by atoms with van der Waals surface area (Å²) in [6.07, 6.45) is -0.0533. The Morgan fingerprint density at radius 3 is 2.25 bits per heavy atom. The Morgan fingerprint density at radius 2 is 1.64 bits per heavy atom. The number of rotatable bonds is 7. The smallest absolute Gasteiger partial charge is 0.409 e. The molecule has 3 N–H and O–H groups in total. The number of para-hydroxylation sites is 1. The summed E-state index contributed by atoms with van der Waals surface area (Å²) in [5.74, 6) is 0.760. The third-order valence-corrected chi connectivity index (χ3v) is 4.59. The highest BCUT2D eigenvalue weighted by molar-refractivity contribution is 5.86. The minimum atomic E-state index is -1.08. The second kappa shape index (κ2) is 8.95.